The van der Waals surface area contributed by atoms with E-state index in [0.717, 1.165) is 16.3 Å². The van der Waals surface area contributed by atoms with Crippen LogP contribution in [0.25, 0.3) is 10.8 Å². The highest BCUT2D eigenvalue weighted by molar-refractivity contribution is 5.84. The van der Waals surface area contributed by atoms with Crippen molar-refractivity contribution in [1.29, 1.82) is 0 Å². The van der Waals surface area contributed by atoms with Crippen molar-refractivity contribution < 1.29 is 9.90 Å². The molecule has 0 fully saturated rings. The van der Waals surface area contributed by atoms with Gasteiger partial charge in [-0.05, 0) is 35.7 Å². The van der Waals surface area contributed by atoms with Gasteiger partial charge >= 0.3 is 5.97 Å². The van der Waals surface area contributed by atoms with E-state index in [-0.39, 0.29) is 12.5 Å². The molecule has 0 spiro atoms. The number of hydrogen-bond donors (Lipinski definition) is 3. The molecule has 0 saturated heterocycles. The molecular formula is C15H18N2O2. The molecule has 0 aliphatic rings. The van der Waals surface area contributed by atoms with E-state index < -0.39 is 12.0 Å². The second-order valence-electron chi connectivity index (χ2n) is 4.90. The summed E-state index contributed by atoms with van der Waals surface area (Å²) in [6.07, 6.45) is 0.229. The van der Waals surface area contributed by atoms with Crippen molar-refractivity contribution in [2.24, 2.45) is 11.5 Å². The van der Waals surface area contributed by atoms with Crippen LogP contribution in [0, 0.1) is 6.92 Å². The first-order valence-electron chi connectivity index (χ1n) is 6.21. The van der Waals surface area contributed by atoms with E-state index in [0.29, 0.717) is 0 Å². The fraction of sp³-hybridized carbons (Fsp3) is 0.267. The Balaban J connectivity index is 2.25. The van der Waals surface area contributed by atoms with Gasteiger partial charge in [0.1, 0.15) is 6.04 Å². The smallest absolute Gasteiger partial charge is 0.320 e. The second kappa shape index (κ2) is 5.38. The molecule has 2 rings (SSSR count). The van der Waals surface area contributed by atoms with Gasteiger partial charge in [0, 0.05) is 6.04 Å². The van der Waals surface area contributed by atoms with Crippen molar-refractivity contribution >= 4 is 16.7 Å². The van der Waals surface area contributed by atoms with Crippen LogP contribution in [-0.2, 0) is 4.79 Å². The Morgan fingerprint density at radius 1 is 1.16 bits per heavy atom. The number of carbonyl (C=O) groups is 1. The molecular weight excluding hydrogens is 240 g/mol. The third-order valence-electron chi connectivity index (χ3n) is 3.27. The average Bonchev–Trinajstić information content (AvgIpc) is 2.37. The molecule has 0 heterocycles. The highest BCUT2D eigenvalue weighted by atomic mass is 16.4. The monoisotopic (exact) mass is 258 g/mol. The lowest BCUT2D eigenvalue weighted by atomic mass is 9.97. The lowest BCUT2D eigenvalue weighted by Crippen LogP contribution is -2.33. The number of fused-ring (bicyclic) bond motifs is 1. The summed E-state index contributed by atoms with van der Waals surface area (Å²) >= 11 is 0. The Morgan fingerprint density at radius 3 is 2.47 bits per heavy atom. The number of nitrogens with two attached hydrogens (primary N) is 2. The molecule has 5 N–H and O–H groups in total. The zero-order chi connectivity index (χ0) is 14.0. The van der Waals surface area contributed by atoms with E-state index in [1.807, 2.05) is 37.3 Å². The lowest BCUT2D eigenvalue weighted by molar-refractivity contribution is -0.138. The Morgan fingerprint density at radius 2 is 1.79 bits per heavy atom. The Kier molecular flexibility index (Phi) is 3.83. The normalized spacial score (nSPS) is 14.3. The SMILES string of the molecule is Cc1ccc2cc(C(N)CC(N)C(=O)O)ccc2c1. The maximum Gasteiger partial charge on any atom is 0.320 e. The van der Waals surface area contributed by atoms with Crippen LogP contribution in [-0.4, -0.2) is 17.1 Å². The summed E-state index contributed by atoms with van der Waals surface area (Å²) in [5, 5.41) is 11.1. The summed E-state index contributed by atoms with van der Waals surface area (Å²) in [5.41, 5.74) is 13.6. The van der Waals surface area contributed by atoms with Crippen molar-refractivity contribution in [2.45, 2.75) is 25.4 Å². The number of carboxylic acids is 1. The molecule has 2 aromatic rings. The van der Waals surface area contributed by atoms with Crippen LogP contribution in [0.3, 0.4) is 0 Å². The molecule has 0 amide bonds. The van der Waals surface area contributed by atoms with Crippen molar-refractivity contribution in [3.63, 3.8) is 0 Å². The van der Waals surface area contributed by atoms with E-state index in [9.17, 15) is 4.79 Å². The maximum atomic E-state index is 10.7. The zero-order valence-corrected chi connectivity index (χ0v) is 10.8. The molecule has 19 heavy (non-hydrogen) atoms. The van der Waals surface area contributed by atoms with Gasteiger partial charge in [-0.2, -0.15) is 0 Å². The highest BCUT2D eigenvalue weighted by Crippen LogP contribution is 2.22. The summed E-state index contributed by atoms with van der Waals surface area (Å²) in [6, 6.07) is 10.8. The molecule has 0 aliphatic heterocycles. The van der Waals surface area contributed by atoms with Gasteiger partial charge in [-0.1, -0.05) is 35.9 Å². The Labute approximate surface area is 112 Å². The van der Waals surface area contributed by atoms with Crippen molar-refractivity contribution in [2.75, 3.05) is 0 Å². The molecule has 0 radical (unpaired) electrons. The predicted octanol–water partition coefficient (Wildman–Crippen LogP) is 1.95. The number of carboxylic acid groups (broad SMARTS) is 1. The first-order valence-corrected chi connectivity index (χ1v) is 6.21. The van der Waals surface area contributed by atoms with Gasteiger partial charge < -0.3 is 16.6 Å². The largest absolute Gasteiger partial charge is 0.480 e. The van der Waals surface area contributed by atoms with E-state index >= 15 is 0 Å². The van der Waals surface area contributed by atoms with Crippen LogP contribution in [0.4, 0.5) is 0 Å². The van der Waals surface area contributed by atoms with E-state index in [2.05, 4.69) is 6.07 Å². The molecule has 2 aromatic carbocycles. The summed E-state index contributed by atoms with van der Waals surface area (Å²) in [6.45, 7) is 2.05. The lowest BCUT2D eigenvalue weighted by Gasteiger charge is -2.15. The van der Waals surface area contributed by atoms with Gasteiger partial charge in [0.2, 0.25) is 0 Å². The third kappa shape index (κ3) is 3.10. The number of aliphatic carboxylic acids is 1. The minimum Gasteiger partial charge on any atom is -0.480 e. The molecule has 2 atom stereocenters. The van der Waals surface area contributed by atoms with Crippen LogP contribution >= 0.6 is 0 Å². The van der Waals surface area contributed by atoms with E-state index in [1.54, 1.807) is 0 Å². The summed E-state index contributed by atoms with van der Waals surface area (Å²) in [4.78, 5) is 10.7. The minimum atomic E-state index is -1.02. The van der Waals surface area contributed by atoms with E-state index in [4.69, 9.17) is 16.6 Å². The third-order valence-corrected chi connectivity index (χ3v) is 3.27. The second-order valence-corrected chi connectivity index (χ2v) is 4.90. The number of rotatable bonds is 4. The van der Waals surface area contributed by atoms with Crippen LogP contribution in [0.1, 0.15) is 23.6 Å². The number of benzene rings is 2. The van der Waals surface area contributed by atoms with Gasteiger partial charge in [-0.15, -0.1) is 0 Å². The van der Waals surface area contributed by atoms with E-state index in [1.165, 1.54) is 5.56 Å². The standard InChI is InChI=1S/C15H18N2O2/c1-9-2-3-11-7-12(5-4-10(11)6-9)13(16)8-14(17)15(18)19/h2-7,13-14H,8,16-17H2,1H3,(H,18,19). The highest BCUT2D eigenvalue weighted by Gasteiger charge is 2.17. The van der Waals surface area contributed by atoms with Crippen LogP contribution in [0.2, 0.25) is 0 Å². The van der Waals surface area contributed by atoms with Crippen molar-refractivity contribution in [3.8, 4) is 0 Å². The quantitative estimate of drug-likeness (QED) is 0.782. The fourth-order valence-electron chi connectivity index (χ4n) is 2.12. The molecule has 2 unspecified atom stereocenters. The first-order chi connectivity index (χ1) is 8.97. The van der Waals surface area contributed by atoms with Crippen molar-refractivity contribution in [3.05, 3.63) is 47.5 Å². The molecule has 0 aromatic heterocycles. The molecule has 0 aliphatic carbocycles. The van der Waals surface area contributed by atoms with Crippen molar-refractivity contribution in [1.82, 2.24) is 0 Å². The molecule has 0 bridgehead atoms. The number of aryl methyl sites for hydroxylation is 1. The topological polar surface area (TPSA) is 89.3 Å². The first kappa shape index (κ1) is 13.5. The van der Waals surface area contributed by atoms with Gasteiger partial charge in [-0.25, -0.2) is 0 Å². The molecule has 100 valence electrons. The molecule has 4 nitrogen and oxygen atoms in total. The molecule has 4 heteroatoms. The maximum absolute atomic E-state index is 10.7. The zero-order valence-electron chi connectivity index (χ0n) is 10.8. The van der Waals surface area contributed by atoms with Gasteiger partial charge in [0.25, 0.3) is 0 Å². The minimum absolute atomic E-state index is 0.229. The summed E-state index contributed by atoms with van der Waals surface area (Å²) in [5.74, 6) is -1.02. The fourth-order valence-corrected chi connectivity index (χ4v) is 2.12. The molecule has 0 saturated carbocycles. The van der Waals surface area contributed by atoms with Crippen LogP contribution < -0.4 is 11.5 Å². The average molecular weight is 258 g/mol. The summed E-state index contributed by atoms with van der Waals surface area (Å²) in [7, 11) is 0. The Bertz CT molecular complexity index is 610. The Hall–Kier alpha value is -1.91. The van der Waals surface area contributed by atoms with Gasteiger partial charge in [-0.3, -0.25) is 4.79 Å². The van der Waals surface area contributed by atoms with Gasteiger partial charge in [0.05, 0.1) is 0 Å². The number of hydrogen-bond acceptors (Lipinski definition) is 3. The van der Waals surface area contributed by atoms with Gasteiger partial charge in [0.15, 0.2) is 0 Å². The van der Waals surface area contributed by atoms with Crippen LogP contribution in [0.15, 0.2) is 36.4 Å². The predicted molar refractivity (Wildman–Crippen MR) is 75.8 cm³/mol. The summed E-state index contributed by atoms with van der Waals surface area (Å²) < 4.78 is 0. The van der Waals surface area contributed by atoms with Crippen LogP contribution in [0.5, 0.6) is 0 Å².